The maximum atomic E-state index is 8.72. The number of hydrogen-bond donors (Lipinski definition) is 0. The molecule has 0 radical (unpaired) electrons. The molecule has 0 unspecified atom stereocenters. The zero-order valence-electron chi connectivity index (χ0n) is 8.55. The van der Waals surface area contributed by atoms with Crippen LogP contribution >= 0.6 is 0 Å². The molecule has 2 aromatic carbocycles. The SMILES string of the molecule is N#Cc1cccc(Oc2ccccc2)c1.O. The van der Waals surface area contributed by atoms with E-state index in [4.69, 9.17) is 10.00 Å². The number of para-hydroxylation sites is 1. The molecule has 3 heteroatoms. The Labute approximate surface area is 93.8 Å². The van der Waals surface area contributed by atoms with E-state index in [1.807, 2.05) is 36.4 Å². The third kappa shape index (κ3) is 2.84. The van der Waals surface area contributed by atoms with Gasteiger partial charge in [-0.05, 0) is 30.3 Å². The first-order valence-electron chi connectivity index (χ1n) is 4.61. The molecule has 80 valence electrons. The predicted octanol–water partition coefficient (Wildman–Crippen LogP) is 2.53. The van der Waals surface area contributed by atoms with Gasteiger partial charge in [-0.15, -0.1) is 0 Å². The van der Waals surface area contributed by atoms with Crippen molar-refractivity contribution in [1.82, 2.24) is 0 Å². The van der Waals surface area contributed by atoms with Gasteiger partial charge in [-0.25, -0.2) is 0 Å². The minimum Gasteiger partial charge on any atom is -0.457 e. The summed E-state index contributed by atoms with van der Waals surface area (Å²) in [5.74, 6) is 1.45. The Balaban J connectivity index is 0.00000128. The minimum absolute atomic E-state index is 0. The average molecular weight is 213 g/mol. The molecule has 0 aliphatic heterocycles. The highest BCUT2D eigenvalue weighted by Gasteiger charge is 1.97. The Kier molecular flexibility index (Phi) is 4.07. The van der Waals surface area contributed by atoms with Gasteiger partial charge in [-0.1, -0.05) is 24.3 Å². The molecule has 0 aromatic heterocycles. The lowest BCUT2D eigenvalue weighted by Gasteiger charge is -2.04. The highest BCUT2D eigenvalue weighted by molar-refractivity contribution is 5.38. The number of nitriles is 1. The van der Waals surface area contributed by atoms with Crippen molar-refractivity contribution < 1.29 is 10.2 Å². The van der Waals surface area contributed by atoms with E-state index >= 15 is 0 Å². The number of nitrogens with zero attached hydrogens (tertiary/aromatic N) is 1. The summed E-state index contributed by atoms with van der Waals surface area (Å²) in [4.78, 5) is 0. The number of rotatable bonds is 2. The highest BCUT2D eigenvalue weighted by atomic mass is 16.5. The number of ether oxygens (including phenoxy) is 1. The largest absolute Gasteiger partial charge is 0.457 e. The normalized spacial score (nSPS) is 8.69. The smallest absolute Gasteiger partial charge is 0.128 e. The Hall–Kier alpha value is -2.31. The lowest BCUT2D eigenvalue weighted by Crippen LogP contribution is -1.84. The van der Waals surface area contributed by atoms with Crippen molar-refractivity contribution in [3.63, 3.8) is 0 Å². The zero-order valence-corrected chi connectivity index (χ0v) is 8.55. The van der Waals surface area contributed by atoms with Crippen LogP contribution in [0.4, 0.5) is 0 Å². The predicted molar refractivity (Wildman–Crippen MR) is 61.3 cm³/mol. The van der Waals surface area contributed by atoms with E-state index in [2.05, 4.69) is 6.07 Å². The maximum Gasteiger partial charge on any atom is 0.128 e. The van der Waals surface area contributed by atoms with E-state index in [9.17, 15) is 0 Å². The summed E-state index contributed by atoms with van der Waals surface area (Å²) in [6.45, 7) is 0. The second-order valence-electron chi connectivity index (χ2n) is 3.05. The van der Waals surface area contributed by atoms with Crippen LogP contribution in [-0.2, 0) is 0 Å². The van der Waals surface area contributed by atoms with E-state index in [1.54, 1.807) is 18.2 Å². The third-order valence-electron chi connectivity index (χ3n) is 1.94. The van der Waals surface area contributed by atoms with Crippen LogP contribution < -0.4 is 4.74 Å². The second kappa shape index (κ2) is 5.54. The summed E-state index contributed by atoms with van der Waals surface area (Å²) >= 11 is 0. The molecule has 0 heterocycles. The van der Waals surface area contributed by atoms with Crippen molar-refractivity contribution in [2.75, 3.05) is 0 Å². The molecule has 2 rings (SSSR count). The van der Waals surface area contributed by atoms with Crippen molar-refractivity contribution in [2.24, 2.45) is 0 Å². The van der Waals surface area contributed by atoms with Crippen LogP contribution in [0.25, 0.3) is 0 Å². The van der Waals surface area contributed by atoms with Crippen molar-refractivity contribution in [3.05, 3.63) is 60.2 Å². The molecule has 0 saturated heterocycles. The summed E-state index contributed by atoms with van der Waals surface area (Å²) in [5, 5.41) is 8.72. The van der Waals surface area contributed by atoms with Crippen LogP contribution in [0, 0.1) is 11.3 Å². The van der Waals surface area contributed by atoms with Gasteiger partial charge < -0.3 is 10.2 Å². The van der Waals surface area contributed by atoms with E-state index in [1.165, 1.54) is 0 Å². The van der Waals surface area contributed by atoms with E-state index < -0.39 is 0 Å². The fraction of sp³-hybridized carbons (Fsp3) is 0. The number of hydrogen-bond acceptors (Lipinski definition) is 2. The van der Waals surface area contributed by atoms with Gasteiger partial charge in [0.1, 0.15) is 11.5 Å². The Bertz CT molecular complexity index is 489. The molecule has 2 aromatic rings. The summed E-state index contributed by atoms with van der Waals surface area (Å²) in [7, 11) is 0. The van der Waals surface area contributed by atoms with Gasteiger partial charge in [0.05, 0.1) is 11.6 Å². The lowest BCUT2D eigenvalue weighted by molar-refractivity contribution is 0.482. The topological polar surface area (TPSA) is 64.5 Å². The van der Waals surface area contributed by atoms with E-state index in [-0.39, 0.29) is 5.48 Å². The molecule has 0 fully saturated rings. The minimum atomic E-state index is 0. The van der Waals surface area contributed by atoms with Crippen LogP contribution in [0.15, 0.2) is 54.6 Å². The standard InChI is InChI=1S/C13H9NO.H2O/c14-10-11-5-4-8-13(9-11)15-12-6-2-1-3-7-12;/h1-9H;1H2. The van der Waals surface area contributed by atoms with Crippen LogP contribution in [0.1, 0.15) is 5.56 Å². The maximum absolute atomic E-state index is 8.72. The molecular weight excluding hydrogens is 202 g/mol. The first-order chi connectivity index (χ1) is 7.38. The molecular formula is C13H11NO2. The summed E-state index contributed by atoms with van der Waals surface area (Å²) < 4.78 is 5.57. The molecule has 2 N–H and O–H groups in total. The number of benzene rings is 2. The molecule has 0 amide bonds. The van der Waals surface area contributed by atoms with Crippen molar-refractivity contribution in [2.45, 2.75) is 0 Å². The van der Waals surface area contributed by atoms with Gasteiger partial charge in [-0.3, -0.25) is 0 Å². The lowest BCUT2D eigenvalue weighted by atomic mass is 10.2. The van der Waals surface area contributed by atoms with E-state index in [0.717, 1.165) is 5.75 Å². The first-order valence-corrected chi connectivity index (χ1v) is 4.61. The van der Waals surface area contributed by atoms with Gasteiger partial charge in [0.15, 0.2) is 0 Å². The first kappa shape index (κ1) is 11.8. The molecule has 0 spiro atoms. The Morgan fingerprint density at radius 3 is 2.25 bits per heavy atom. The third-order valence-corrected chi connectivity index (χ3v) is 1.94. The fourth-order valence-corrected chi connectivity index (χ4v) is 1.25. The monoisotopic (exact) mass is 213 g/mol. The van der Waals surface area contributed by atoms with Gasteiger partial charge in [0.25, 0.3) is 0 Å². The highest BCUT2D eigenvalue weighted by Crippen LogP contribution is 2.21. The van der Waals surface area contributed by atoms with E-state index in [0.29, 0.717) is 11.3 Å². The van der Waals surface area contributed by atoms with Crippen molar-refractivity contribution >= 4 is 0 Å². The molecule has 0 aliphatic carbocycles. The summed E-state index contributed by atoms with van der Waals surface area (Å²) in [6.07, 6.45) is 0. The molecule has 0 aliphatic rings. The quantitative estimate of drug-likeness (QED) is 0.769. The van der Waals surface area contributed by atoms with Crippen molar-refractivity contribution in [3.8, 4) is 17.6 Å². The summed E-state index contributed by atoms with van der Waals surface area (Å²) in [6, 6.07) is 18.7. The van der Waals surface area contributed by atoms with Crippen molar-refractivity contribution in [1.29, 1.82) is 5.26 Å². The van der Waals surface area contributed by atoms with Gasteiger partial charge >= 0.3 is 0 Å². The van der Waals surface area contributed by atoms with Crippen LogP contribution in [0.3, 0.4) is 0 Å². The molecule has 0 atom stereocenters. The Morgan fingerprint density at radius 1 is 0.875 bits per heavy atom. The van der Waals surface area contributed by atoms with Crippen LogP contribution in [0.2, 0.25) is 0 Å². The molecule has 16 heavy (non-hydrogen) atoms. The summed E-state index contributed by atoms with van der Waals surface area (Å²) in [5.41, 5.74) is 0.600. The molecule has 0 bridgehead atoms. The van der Waals surface area contributed by atoms with Crippen LogP contribution in [-0.4, -0.2) is 5.48 Å². The fourth-order valence-electron chi connectivity index (χ4n) is 1.25. The van der Waals surface area contributed by atoms with Gasteiger partial charge in [0, 0.05) is 0 Å². The van der Waals surface area contributed by atoms with Gasteiger partial charge in [-0.2, -0.15) is 5.26 Å². The Morgan fingerprint density at radius 2 is 1.56 bits per heavy atom. The molecule has 3 nitrogen and oxygen atoms in total. The van der Waals surface area contributed by atoms with Crippen LogP contribution in [0.5, 0.6) is 11.5 Å². The molecule has 0 saturated carbocycles. The second-order valence-corrected chi connectivity index (χ2v) is 3.05. The average Bonchev–Trinajstić information content (AvgIpc) is 2.31. The van der Waals surface area contributed by atoms with Gasteiger partial charge in [0.2, 0.25) is 0 Å². The zero-order chi connectivity index (χ0) is 10.5.